The second-order valence-corrected chi connectivity index (χ2v) is 7.10. The lowest BCUT2D eigenvalue weighted by atomic mass is 10.2. The van der Waals surface area contributed by atoms with Crippen molar-refractivity contribution in [3.63, 3.8) is 0 Å². The van der Waals surface area contributed by atoms with E-state index in [0.29, 0.717) is 9.80 Å². The molecule has 2 aliphatic rings. The van der Waals surface area contributed by atoms with Gasteiger partial charge in [-0.3, -0.25) is 19.2 Å². The Hall–Kier alpha value is -2.44. The molecule has 2 atom stereocenters. The third-order valence-corrected chi connectivity index (χ3v) is 4.87. The highest BCUT2D eigenvalue weighted by Crippen LogP contribution is 2.30. The number of hydrogen-bond acceptors (Lipinski definition) is 9. The van der Waals surface area contributed by atoms with Crippen LogP contribution >= 0.6 is 0 Å². The maximum absolute atomic E-state index is 12.1. The van der Waals surface area contributed by atoms with Gasteiger partial charge in [0.15, 0.2) is 0 Å². The smallest absolute Gasteiger partial charge is 0.260 e. The van der Waals surface area contributed by atoms with Gasteiger partial charge >= 0.3 is 0 Å². The molecule has 2 aliphatic heterocycles. The summed E-state index contributed by atoms with van der Waals surface area (Å²) in [7, 11) is 0. The Morgan fingerprint density at radius 2 is 1.20 bits per heavy atom. The molecule has 0 radical (unpaired) electrons. The van der Waals surface area contributed by atoms with Crippen molar-refractivity contribution in [2.45, 2.75) is 57.5 Å². The summed E-state index contributed by atoms with van der Waals surface area (Å²) in [6.45, 7) is 8.69. The van der Waals surface area contributed by atoms with Gasteiger partial charge in [-0.2, -0.15) is 0 Å². The number of ether oxygens (including phenoxy) is 2. The molecule has 3 N–H and O–H groups in total. The number of nitrogens with zero attached hydrogens (tertiary/aromatic N) is 2. The minimum Gasteiger partial charge on any atom is -0.388 e. The summed E-state index contributed by atoms with van der Waals surface area (Å²) in [6, 6.07) is 0. The average molecular weight is 426 g/mol. The molecule has 0 spiro atoms. The third-order valence-electron chi connectivity index (χ3n) is 4.87. The van der Waals surface area contributed by atoms with Crippen LogP contribution in [0.15, 0.2) is 24.3 Å². The van der Waals surface area contributed by atoms with Crippen molar-refractivity contribution in [1.29, 1.82) is 0 Å². The van der Waals surface area contributed by atoms with Crippen molar-refractivity contribution >= 4 is 23.6 Å². The summed E-state index contributed by atoms with van der Waals surface area (Å²) >= 11 is 0. The van der Waals surface area contributed by atoms with Gasteiger partial charge in [0.25, 0.3) is 23.6 Å². The van der Waals surface area contributed by atoms with Crippen molar-refractivity contribution in [2.24, 2.45) is 0 Å². The monoisotopic (exact) mass is 426 g/mol. The van der Waals surface area contributed by atoms with Crippen molar-refractivity contribution in [1.82, 2.24) is 9.80 Å². The largest absolute Gasteiger partial charge is 0.388 e. The molecule has 30 heavy (non-hydrogen) atoms. The first-order valence-electron chi connectivity index (χ1n) is 9.41. The standard InChI is InChI=1S/C19H26N2O9/c1-5-18(27,20-14(23)7-11(3)16(20)25)29-9-13(22)10-30-19(28,6-2)21-15(24)8-12(4)17(21)26/h13,22,27-28H,3-10H2,1-2H3. The van der Waals surface area contributed by atoms with Crippen LogP contribution in [0.4, 0.5) is 0 Å². The molecule has 0 bridgehead atoms. The van der Waals surface area contributed by atoms with Gasteiger partial charge in [0, 0.05) is 24.0 Å². The quantitative estimate of drug-likeness (QED) is 0.230. The van der Waals surface area contributed by atoms with E-state index in [-0.39, 0.29) is 36.8 Å². The summed E-state index contributed by atoms with van der Waals surface area (Å²) in [5.74, 6) is -7.52. The van der Waals surface area contributed by atoms with E-state index in [4.69, 9.17) is 9.47 Å². The van der Waals surface area contributed by atoms with Crippen LogP contribution < -0.4 is 0 Å². The number of imide groups is 2. The predicted molar refractivity (Wildman–Crippen MR) is 99.6 cm³/mol. The molecule has 2 unspecified atom stereocenters. The maximum atomic E-state index is 12.1. The Bertz CT molecular complexity index is 731. The molecule has 2 fully saturated rings. The Labute approximate surface area is 173 Å². The van der Waals surface area contributed by atoms with Gasteiger partial charge in [-0.25, -0.2) is 9.80 Å². The van der Waals surface area contributed by atoms with Crippen LogP contribution in [0.25, 0.3) is 0 Å². The number of carbonyl (C=O) groups is 4. The molecule has 0 aromatic rings. The molecule has 166 valence electrons. The van der Waals surface area contributed by atoms with Gasteiger partial charge in [-0.05, 0) is 0 Å². The minimum absolute atomic E-state index is 0.00824. The number of aliphatic hydroxyl groups is 3. The Kier molecular flexibility index (Phi) is 6.94. The summed E-state index contributed by atoms with van der Waals surface area (Å²) in [5, 5.41) is 31.3. The third kappa shape index (κ3) is 4.35. The molecule has 0 aromatic carbocycles. The average Bonchev–Trinajstić information content (AvgIpc) is 3.11. The van der Waals surface area contributed by atoms with Crippen LogP contribution in [-0.4, -0.2) is 79.9 Å². The Morgan fingerprint density at radius 1 is 0.867 bits per heavy atom. The lowest BCUT2D eigenvalue weighted by Gasteiger charge is -2.36. The lowest BCUT2D eigenvalue weighted by molar-refractivity contribution is -0.299. The van der Waals surface area contributed by atoms with E-state index in [0.717, 1.165) is 0 Å². The fourth-order valence-electron chi connectivity index (χ4n) is 3.08. The molecule has 0 saturated carbocycles. The second-order valence-electron chi connectivity index (χ2n) is 7.10. The van der Waals surface area contributed by atoms with Gasteiger partial charge in [-0.1, -0.05) is 27.0 Å². The predicted octanol–water partition coefficient (Wildman–Crippen LogP) is -0.877. The first-order chi connectivity index (χ1) is 13.9. The van der Waals surface area contributed by atoms with Crippen molar-refractivity contribution in [2.75, 3.05) is 13.2 Å². The van der Waals surface area contributed by atoms with E-state index in [1.807, 2.05) is 0 Å². The summed E-state index contributed by atoms with van der Waals surface area (Å²) in [6.07, 6.45) is -2.29. The first kappa shape index (κ1) is 23.8. The number of aliphatic hydroxyl groups excluding tert-OH is 1. The van der Waals surface area contributed by atoms with Crippen LogP contribution in [0.2, 0.25) is 0 Å². The van der Waals surface area contributed by atoms with Crippen LogP contribution in [0.5, 0.6) is 0 Å². The van der Waals surface area contributed by atoms with E-state index < -0.39 is 54.8 Å². The molecular weight excluding hydrogens is 400 g/mol. The van der Waals surface area contributed by atoms with E-state index in [1.54, 1.807) is 0 Å². The van der Waals surface area contributed by atoms with Crippen molar-refractivity contribution < 1.29 is 44.0 Å². The summed E-state index contributed by atoms with van der Waals surface area (Å²) in [4.78, 5) is 49.2. The molecule has 11 heteroatoms. The van der Waals surface area contributed by atoms with Gasteiger partial charge in [-0.15, -0.1) is 0 Å². The zero-order valence-corrected chi connectivity index (χ0v) is 16.9. The summed E-state index contributed by atoms with van der Waals surface area (Å²) in [5.41, 5.74) is 0.0165. The number of likely N-dealkylation sites (tertiary alicyclic amines) is 2. The van der Waals surface area contributed by atoms with Crippen molar-refractivity contribution in [3.05, 3.63) is 24.3 Å². The van der Waals surface area contributed by atoms with Gasteiger partial charge < -0.3 is 24.8 Å². The molecule has 4 amide bonds. The normalized spacial score (nSPS) is 22.7. The first-order valence-corrected chi connectivity index (χ1v) is 9.41. The molecular formula is C19H26N2O9. The topological polar surface area (TPSA) is 154 Å². The van der Waals surface area contributed by atoms with Crippen molar-refractivity contribution in [3.8, 4) is 0 Å². The van der Waals surface area contributed by atoms with Crippen LogP contribution in [0.3, 0.4) is 0 Å². The zero-order chi connectivity index (χ0) is 22.9. The molecule has 11 nitrogen and oxygen atoms in total. The number of carbonyl (C=O) groups excluding carboxylic acids is 4. The SMILES string of the molecule is C=C1CC(=O)N(C(O)(CC)OCC(O)COC(O)(CC)N2C(=O)CC(=C)C2=O)C1=O. The lowest BCUT2D eigenvalue weighted by Crippen LogP contribution is -2.55. The highest BCUT2D eigenvalue weighted by Gasteiger charge is 2.49. The molecule has 0 aliphatic carbocycles. The van der Waals surface area contributed by atoms with Gasteiger partial charge in [0.2, 0.25) is 11.8 Å². The highest BCUT2D eigenvalue weighted by atomic mass is 16.7. The molecule has 2 heterocycles. The van der Waals surface area contributed by atoms with Crippen LogP contribution in [-0.2, 0) is 28.7 Å². The van der Waals surface area contributed by atoms with Crippen LogP contribution in [0.1, 0.15) is 39.5 Å². The van der Waals surface area contributed by atoms with E-state index >= 15 is 0 Å². The Morgan fingerprint density at radius 3 is 1.43 bits per heavy atom. The fourth-order valence-corrected chi connectivity index (χ4v) is 3.08. The number of amides is 4. The second kappa shape index (κ2) is 8.74. The number of hydrogen-bond donors (Lipinski definition) is 3. The van der Waals surface area contributed by atoms with Crippen LogP contribution in [0, 0.1) is 0 Å². The molecule has 2 rings (SSSR count). The van der Waals surface area contributed by atoms with E-state index in [9.17, 15) is 34.5 Å². The summed E-state index contributed by atoms with van der Waals surface area (Å²) < 4.78 is 10.4. The van der Waals surface area contributed by atoms with E-state index in [2.05, 4.69) is 13.2 Å². The zero-order valence-electron chi connectivity index (χ0n) is 16.9. The fraction of sp³-hybridized carbons (Fsp3) is 0.579. The van der Waals surface area contributed by atoms with E-state index in [1.165, 1.54) is 13.8 Å². The maximum Gasteiger partial charge on any atom is 0.260 e. The molecule has 2 saturated heterocycles. The molecule has 0 aromatic heterocycles. The highest BCUT2D eigenvalue weighted by molar-refractivity contribution is 6.13. The minimum atomic E-state index is -2.30. The Balaban J connectivity index is 2.00. The van der Waals surface area contributed by atoms with Gasteiger partial charge in [0.1, 0.15) is 6.10 Å². The van der Waals surface area contributed by atoms with Gasteiger partial charge in [0.05, 0.1) is 26.1 Å². The number of rotatable bonds is 10.